The third-order valence-electron chi connectivity index (χ3n) is 2.59. The van der Waals surface area contributed by atoms with E-state index in [2.05, 4.69) is 0 Å². The summed E-state index contributed by atoms with van der Waals surface area (Å²) >= 11 is 6.40. The average molecular weight is 270 g/mol. The lowest BCUT2D eigenvalue weighted by Crippen LogP contribution is -2.41. The van der Waals surface area contributed by atoms with Crippen molar-refractivity contribution in [1.29, 1.82) is 0 Å². The number of nitrogens with two attached hydrogens (primary N) is 1. The number of thiocarbonyl (C=S) groups is 1. The van der Waals surface area contributed by atoms with Gasteiger partial charge >= 0.3 is 0 Å². The van der Waals surface area contributed by atoms with E-state index in [4.69, 9.17) is 18.0 Å². The molecule has 0 fully saturated rings. The second-order valence-electron chi connectivity index (χ2n) is 4.34. The van der Waals surface area contributed by atoms with Gasteiger partial charge in [0, 0.05) is 10.9 Å². The number of nitrogens with zero attached hydrogens (tertiary/aromatic N) is 1. The Balaban J connectivity index is 2.95. The van der Waals surface area contributed by atoms with Crippen molar-refractivity contribution in [2.24, 2.45) is 5.73 Å². The van der Waals surface area contributed by atoms with Gasteiger partial charge in [-0.2, -0.15) is 0 Å². The van der Waals surface area contributed by atoms with Crippen molar-refractivity contribution in [3.8, 4) is 0 Å². The molecule has 0 unspecified atom stereocenters. The normalized spacial score (nSPS) is 10.6. The van der Waals surface area contributed by atoms with Crippen molar-refractivity contribution in [1.82, 2.24) is 4.90 Å². The fourth-order valence-corrected chi connectivity index (χ4v) is 2.61. The lowest BCUT2D eigenvalue weighted by molar-refractivity contribution is 0.0741. The van der Waals surface area contributed by atoms with E-state index < -0.39 is 0 Å². The van der Waals surface area contributed by atoms with Gasteiger partial charge < -0.3 is 10.6 Å². The minimum atomic E-state index is 0.00833. The van der Waals surface area contributed by atoms with Crippen LogP contribution in [0.25, 0.3) is 0 Å². The van der Waals surface area contributed by atoms with Crippen molar-refractivity contribution >= 4 is 34.5 Å². The molecule has 0 aliphatic carbocycles. The maximum absolute atomic E-state index is 12.3. The van der Waals surface area contributed by atoms with Crippen LogP contribution in [0.1, 0.15) is 34.0 Å². The Hall–Kier alpha value is -0.940. The first-order chi connectivity index (χ1) is 7.82. The maximum atomic E-state index is 12.3. The molecule has 0 aliphatic heterocycles. The Morgan fingerprint density at radius 2 is 2.12 bits per heavy atom. The molecular weight excluding hydrogens is 252 g/mol. The van der Waals surface area contributed by atoms with Crippen LogP contribution in [0.4, 0.5) is 0 Å². The molecule has 2 N–H and O–H groups in total. The molecule has 1 amide bonds. The number of amides is 1. The van der Waals surface area contributed by atoms with Crippen molar-refractivity contribution in [2.45, 2.75) is 33.7 Å². The summed E-state index contributed by atoms with van der Waals surface area (Å²) in [5.74, 6) is 0.00833. The largest absolute Gasteiger partial charge is 0.392 e. The van der Waals surface area contributed by atoms with Crippen molar-refractivity contribution < 1.29 is 4.79 Å². The number of hydrogen-bond acceptors (Lipinski definition) is 3. The number of thiophene rings is 1. The van der Waals surface area contributed by atoms with Crippen LogP contribution >= 0.6 is 23.6 Å². The fraction of sp³-hybridized carbons (Fsp3) is 0.500. The van der Waals surface area contributed by atoms with Gasteiger partial charge in [0.25, 0.3) is 5.91 Å². The predicted octanol–water partition coefficient (Wildman–Crippen LogP) is 2.50. The Morgan fingerprint density at radius 3 is 2.47 bits per heavy atom. The van der Waals surface area contributed by atoms with E-state index in [1.165, 1.54) is 16.2 Å². The van der Waals surface area contributed by atoms with E-state index in [-0.39, 0.29) is 11.9 Å². The van der Waals surface area contributed by atoms with Crippen LogP contribution in [0.2, 0.25) is 0 Å². The number of aryl methyl sites for hydroxylation is 2. The summed E-state index contributed by atoms with van der Waals surface area (Å²) in [6, 6.07) is 2.02. The Labute approximate surface area is 112 Å². The van der Waals surface area contributed by atoms with Gasteiger partial charge in [0.2, 0.25) is 0 Å². The highest BCUT2D eigenvalue weighted by molar-refractivity contribution is 7.80. The van der Waals surface area contributed by atoms with Gasteiger partial charge in [0.1, 0.15) is 0 Å². The van der Waals surface area contributed by atoms with E-state index in [0.717, 1.165) is 10.4 Å². The second kappa shape index (κ2) is 5.60. The van der Waals surface area contributed by atoms with Gasteiger partial charge in [-0.3, -0.25) is 4.79 Å². The van der Waals surface area contributed by atoms with Crippen molar-refractivity contribution in [2.75, 3.05) is 6.54 Å². The summed E-state index contributed by atoms with van der Waals surface area (Å²) in [5, 5.41) is 0. The summed E-state index contributed by atoms with van der Waals surface area (Å²) in [4.78, 5) is 16.3. The second-order valence-corrected chi connectivity index (χ2v) is 6.12. The Morgan fingerprint density at radius 1 is 1.53 bits per heavy atom. The summed E-state index contributed by atoms with van der Waals surface area (Å²) in [6.07, 6.45) is 0. The Kier molecular flexibility index (Phi) is 4.65. The molecule has 0 saturated heterocycles. The van der Waals surface area contributed by atoms with Gasteiger partial charge in [-0.25, -0.2) is 0 Å². The summed E-state index contributed by atoms with van der Waals surface area (Å²) < 4.78 is 0. The van der Waals surface area contributed by atoms with Gasteiger partial charge in [0.15, 0.2) is 0 Å². The first kappa shape index (κ1) is 14.1. The van der Waals surface area contributed by atoms with Gasteiger partial charge in [-0.15, -0.1) is 11.3 Å². The molecule has 1 heterocycles. The highest BCUT2D eigenvalue weighted by atomic mass is 32.1. The van der Waals surface area contributed by atoms with Crippen LogP contribution in [-0.4, -0.2) is 28.4 Å². The molecule has 0 spiro atoms. The van der Waals surface area contributed by atoms with Crippen LogP contribution in [0.3, 0.4) is 0 Å². The quantitative estimate of drug-likeness (QED) is 0.855. The smallest absolute Gasteiger partial charge is 0.264 e. The monoisotopic (exact) mass is 270 g/mol. The molecular formula is C12H18N2OS2. The molecule has 0 aliphatic rings. The highest BCUT2D eigenvalue weighted by Crippen LogP contribution is 2.22. The summed E-state index contributed by atoms with van der Waals surface area (Å²) in [7, 11) is 0. The fourth-order valence-electron chi connectivity index (χ4n) is 1.48. The van der Waals surface area contributed by atoms with Crippen LogP contribution in [0, 0.1) is 13.8 Å². The van der Waals surface area contributed by atoms with Crippen molar-refractivity contribution in [3.05, 3.63) is 21.4 Å². The number of rotatable bonds is 4. The van der Waals surface area contributed by atoms with Gasteiger partial charge in [0.05, 0.1) is 16.4 Å². The molecule has 3 nitrogen and oxygen atoms in total. The topological polar surface area (TPSA) is 46.3 Å². The minimum absolute atomic E-state index is 0.00833. The van der Waals surface area contributed by atoms with Crippen LogP contribution in [0.5, 0.6) is 0 Å². The highest BCUT2D eigenvalue weighted by Gasteiger charge is 2.21. The standard InChI is InChI=1S/C12H18N2OS2/c1-7(2)14(6-11(13)16)12(15)10-5-8(3)9(4)17-10/h5,7H,6H2,1-4H3,(H2,13,16). The number of hydrogen-bond donors (Lipinski definition) is 1. The zero-order valence-corrected chi connectivity index (χ0v) is 12.2. The van der Waals surface area contributed by atoms with E-state index in [0.29, 0.717) is 11.5 Å². The van der Waals surface area contributed by atoms with Crippen LogP contribution < -0.4 is 5.73 Å². The van der Waals surface area contributed by atoms with Gasteiger partial charge in [-0.1, -0.05) is 12.2 Å². The number of carbonyl (C=O) groups is 1. The first-order valence-corrected chi connectivity index (χ1v) is 6.71. The molecule has 5 heteroatoms. The number of carbonyl (C=O) groups excluding carboxylic acids is 1. The average Bonchev–Trinajstić information content (AvgIpc) is 2.54. The molecule has 17 heavy (non-hydrogen) atoms. The zero-order chi connectivity index (χ0) is 13.2. The van der Waals surface area contributed by atoms with E-state index >= 15 is 0 Å². The van der Waals surface area contributed by atoms with Crippen molar-refractivity contribution in [3.63, 3.8) is 0 Å². The Bertz CT molecular complexity index is 418. The zero-order valence-electron chi connectivity index (χ0n) is 10.6. The van der Waals surface area contributed by atoms with E-state index in [9.17, 15) is 4.79 Å². The maximum Gasteiger partial charge on any atom is 0.264 e. The minimum Gasteiger partial charge on any atom is -0.392 e. The SMILES string of the molecule is Cc1cc(C(=O)N(CC(N)=S)C(C)C)sc1C. The molecule has 1 aromatic rings. The van der Waals surface area contributed by atoms with E-state index in [1.807, 2.05) is 33.8 Å². The van der Waals surface area contributed by atoms with E-state index in [1.54, 1.807) is 4.90 Å². The summed E-state index contributed by atoms with van der Waals surface area (Å²) in [5.41, 5.74) is 6.67. The molecule has 0 atom stereocenters. The molecule has 0 saturated carbocycles. The first-order valence-electron chi connectivity index (χ1n) is 5.49. The van der Waals surface area contributed by atoms with Gasteiger partial charge in [-0.05, 0) is 39.3 Å². The lowest BCUT2D eigenvalue weighted by atomic mass is 10.2. The molecule has 0 bridgehead atoms. The predicted molar refractivity (Wildman–Crippen MR) is 76.8 cm³/mol. The summed E-state index contributed by atoms with van der Waals surface area (Å²) in [6.45, 7) is 8.29. The van der Waals surface area contributed by atoms with Crippen LogP contribution in [0.15, 0.2) is 6.07 Å². The molecule has 1 rings (SSSR count). The van der Waals surface area contributed by atoms with Crippen LogP contribution in [-0.2, 0) is 0 Å². The molecule has 0 radical (unpaired) electrons. The molecule has 0 aromatic carbocycles. The third kappa shape index (κ3) is 3.51. The molecule has 1 aromatic heterocycles. The lowest BCUT2D eigenvalue weighted by Gasteiger charge is -2.25. The third-order valence-corrected chi connectivity index (χ3v) is 3.86. The molecule has 94 valence electrons.